The van der Waals surface area contributed by atoms with Crippen LogP contribution in [0.5, 0.6) is 0 Å². The molecule has 0 aromatic carbocycles. The summed E-state index contributed by atoms with van der Waals surface area (Å²) in [4.78, 5) is 17.6. The normalized spacial score (nSPS) is 26.3. The lowest BCUT2D eigenvalue weighted by Gasteiger charge is -2.23. The number of likely N-dealkylation sites (tertiary alicyclic amines) is 1. The maximum absolute atomic E-state index is 11.6. The summed E-state index contributed by atoms with van der Waals surface area (Å²) in [6, 6.07) is 0.0301. The van der Waals surface area contributed by atoms with E-state index in [1.54, 1.807) is 11.1 Å². The maximum atomic E-state index is 11.6. The highest BCUT2D eigenvalue weighted by Gasteiger charge is 2.39. The van der Waals surface area contributed by atoms with Crippen LogP contribution < -0.4 is 5.73 Å². The van der Waals surface area contributed by atoms with E-state index in [1.165, 1.54) is 0 Å². The minimum absolute atomic E-state index is 0.0301. The Morgan fingerprint density at radius 1 is 1.60 bits per heavy atom. The van der Waals surface area contributed by atoms with E-state index >= 15 is 0 Å². The van der Waals surface area contributed by atoms with Crippen LogP contribution >= 0.6 is 0 Å². The van der Waals surface area contributed by atoms with Crippen LogP contribution in [0.3, 0.4) is 0 Å². The topological polar surface area (TPSA) is 64.2 Å². The smallest absolute Gasteiger partial charge is 0.223 e. The van der Waals surface area contributed by atoms with E-state index in [-0.39, 0.29) is 17.9 Å². The summed E-state index contributed by atoms with van der Waals surface area (Å²) in [6.07, 6.45) is 4.17. The number of hydrogen-bond acceptors (Lipinski definition) is 3. The van der Waals surface area contributed by atoms with Gasteiger partial charge in [0.2, 0.25) is 5.91 Å². The van der Waals surface area contributed by atoms with Crippen LogP contribution in [-0.4, -0.2) is 34.0 Å². The Morgan fingerprint density at radius 2 is 2.33 bits per heavy atom. The van der Waals surface area contributed by atoms with Crippen LogP contribution in [0.15, 0.2) is 12.4 Å². The minimum Gasteiger partial charge on any atom is -0.336 e. The van der Waals surface area contributed by atoms with Crippen LogP contribution in [0, 0.1) is 5.92 Å². The van der Waals surface area contributed by atoms with Crippen molar-refractivity contribution in [2.24, 2.45) is 18.7 Å². The first-order chi connectivity index (χ1) is 7.15. The molecule has 1 fully saturated rings. The van der Waals surface area contributed by atoms with Crippen LogP contribution in [0.25, 0.3) is 0 Å². The molecule has 0 spiro atoms. The van der Waals surface area contributed by atoms with Crippen LogP contribution in [-0.2, 0) is 11.8 Å². The van der Waals surface area contributed by atoms with Crippen molar-refractivity contribution < 1.29 is 4.79 Å². The SMILES string of the molecule is CN1C(=O)CC(CN)C1c1nccn1C. The standard InChI is InChI=1S/C10H16N4O/c1-13-4-3-12-10(13)9-7(6-11)5-8(15)14(9)2/h3-4,7,9H,5-6,11H2,1-2H3. The Labute approximate surface area is 88.9 Å². The Bertz CT molecular complexity index is 373. The molecule has 2 atom stereocenters. The van der Waals surface area contributed by atoms with E-state index in [4.69, 9.17) is 5.73 Å². The molecule has 1 aromatic heterocycles. The lowest BCUT2D eigenvalue weighted by Crippen LogP contribution is -2.28. The zero-order chi connectivity index (χ0) is 11.0. The van der Waals surface area contributed by atoms with Gasteiger partial charge in [-0.2, -0.15) is 0 Å². The predicted molar refractivity (Wildman–Crippen MR) is 55.9 cm³/mol. The van der Waals surface area contributed by atoms with Crippen LogP contribution in [0.1, 0.15) is 18.3 Å². The van der Waals surface area contributed by atoms with Gasteiger partial charge in [-0.3, -0.25) is 4.79 Å². The third-order valence-corrected chi connectivity index (χ3v) is 3.12. The van der Waals surface area contributed by atoms with E-state index in [1.807, 2.05) is 24.9 Å². The first-order valence-electron chi connectivity index (χ1n) is 5.08. The molecule has 0 bridgehead atoms. The van der Waals surface area contributed by atoms with Gasteiger partial charge in [0.1, 0.15) is 5.82 Å². The maximum Gasteiger partial charge on any atom is 0.223 e. The van der Waals surface area contributed by atoms with E-state index in [0.717, 1.165) is 5.82 Å². The van der Waals surface area contributed by atoms with Crippen LogP contribution in [0.4, 0.5) is 0 Å². The van der Waals surface area contributed by atoms with Gasteiger partial charge in [0.05, 0.1) is 6.04 Å². The van der Waals surface area contributed by atoms with Crippen molar-refractivity contribution in [1.29, 1.82) is 0 Å². The highest BCUT2D eigenvalue weighted by atomic mass is 16.2. The molecule has 0 radical (unpaired) electrons. The average Bonchev–Trinajstić information content (AvgIpc) is 2.73. The number of nitrogens with two attached hydrogens (primary N) is 1. The number of amides is 1. The lowest BCUT2D eigenvalue weighted by molar-refractivity contribution is -0.127. The van der Waals surface area contributed by atoms with Crippen molar-refractivity contribution in [2.75, 3.05) is 13.6 Å². The number of nitrogens with zero attached hydrogens (tertiary/aromatic N) is 3. The van der Waals surface area contributed by atoms with Gasteiger partial charge in [0.15, 0.2) is 0 Å². The molecule has 0 saturated carbocycles. The molecule has 1 amide bonds. The number of hydrogen-bond donors (Lipinski definition) is 1. The summed E-state index contributed by atoms with van der Waals surface area (Å²) in [6.45, 7) is 0.521. The van der Waals surface area contributed by atoms with Gasteiger partial charge >= 0.3 is 0 Å². The summed E-state index contributed by atoms with van der Waals surface area (Å²) in [7, 11) is 3.75. The molecule has 2 rings (SSSR count). The highest BCUT2D eigenvalue weighted by molar-refractivity contribution is 5.79. The van der Waals surface area contributed by atoms with E-state index in [2.05, 4.69) is 4.98 Å². The number of aromatic nitrogens is 2. The fraction of sp³-hybridized carbons (Fsp3) is 0.600. The van der Waals surface area contributed by atoms with Gasteiger partial charge in [-0.15, -0.1) is 0 Å². The molecule has 5 nitrogen and oxygen atoms in total. The second-order valence-corrected chi connectivity index (χ2v) is 4.05. The summed E-state index contributed by atoms with van der Waals surface area (Å²) in [5.41, 5.74) is 5.69. The number of carbonyl (C=O) groups excluding carboxylic acids is 1. The van der Waals surface area contributed by atoms with Crippen molar-refractivity contribution >= 4 is 5.91 Å². The first-order valence-corrected chi connectivity index (χ1v) is 5.08. The van der Waals surface area contributed by atoms with Crippen molar-refractivity contribution in [3.05, 3.63) is 18.2 Å². The average molecular weight is 208 g/mol. The molecule has 1 saturated heterocycles. The Hall–Kier alpha value is -1.36. The monoisotopic (exact) mass is 208 g/mol. The summed E-state index contributed by atoms with van der Waals surface area (Å²) >= 11 is 0. The number of rotatable bonds is 2. The van der Waals surface area contributed by atoms with Crippen molar-refractivity contribution in [3.63, 3.8) is 0 Å². The molecular formula is C10H16N4O. The zero-order valence-corrected chi connectivity index (χ0v) is 9.05. The summed E-state index contributed by atoms with van der Waals surface area (Å²) < 4.78 is 1.95. The van der Waals surface area contributed by atoms with E-state index in [9.17, 15) is 4.79 Å². The molecule has 0 aliphatic carbocycles. The third kappa shape index (κ3) is 1.52. The second-order valence-electron chi connectivity index (χ2n) is 4.05. The van der Waals surface area contributed by atoms with Gasteiger partial charge in [-0.1, -0.05) is 0 Å². The van der Waals surface area contributed by atoms with Gasteiger partial charge < -0.3 is 15.2 Å². The quantitative estimate of drug-likeness (QED) is 0.738. The lowest BCUT2D eigenvalue weighted by atomic mass is 10.00. The van der Waals surface area contributed by atoms with Crippen LogP contribution in [0.2, 0.25) is 0 Å². The van der Waals surface area contributed by atoms with Gasteiger partial charge in [-0.25, -0.2) is 4.98 Å². The molecule has 82 valence electrons. The number of imidazole rings is 1. The Kier molecular flexibility index (Phi) is 2.48. The fourth-order valence-electron chi connectivity index (χ4n) is 2.21. The summed E-state index contributed by atoms with van der Waals surface area (Å²) in [5, 5.41) is 0. The Balaban J connectivity index is 2.34. The molecule has 1 aliphatic heterocycles. The van der Waals surface area contributed by atoms with E-state index < -0.39 is 0 Å². The Morgan fingerprint density at radius 3 is 2.87 bits per heavy atom. The molecule has 2 unspecified atom stereocenters. The van der Waals surface area contributed by atoms with Crippen molar-refractivity contribution in [1.82, 2.24) is 14.5 Å². The third-order valence-electron chi connectivity index (χ3n) is 3.12. The molecule has 15 heavy (non-hydrogen) atoms. The van der Waals surface area contributed by atoms with Gasteiger partial charge in [-0.05, 0) is 6.54 Å². The largest absolute Gasteiger partial charge is 0.336 e. The van der Waals surface area contributed by atoms with Gasteiger partial charge in [0, 0.05) is 38.8 Å². The zero-order valence-electron chi connectivity index (χ0n) is 9.05. The summed E-state index contributed by atoms with van der Waals surface area (Å²) in [5.74, 6) is 1.25. The molecule has 5 heteroatoms. The van der Waals surface area contributed by atoms with Gasteiger partial charge in [0.25, 0.3) is 0 Å². The predicted octanol–water partition coefficient (Wildman–Crippen LogP) is -0.102. The molecule has 1 aliphatic rings. The second kappa shape index (κ2) is 3.66. The number of aryl methyl sites for hydroxylation is 1. The van der Waals surface area contributed by atoms with Crippen molar-refractivity contribution in [2.45, 2.75) is 12.5 Å². The number of carbonyl (C=O) groups is 1. The first kappa shape index (κ1) is 10.2. The molecule has 1 aromatic rings. The highest BCUT2D eigenvalue weighted by Crippen LogP contribution is 2.34. The molecular weight excluding hydrogens is 192 g/mol. The van der Waals surface area contributed by atoms with Crippen molar-refractivity contribution in [3.8, 4) is 0 Å². The van der Waals surface area contributed by atoms with E-state index in [0.29, 0.717) is 13.0 Å². The molecule has 2 N–H and O–H groups in total. The minimum atomic E-state index is 0.0301. The molecule has 2 heterocycles. The fourth-order valence-corrected chi connectivity index (χ4v) is 2.21.